The van der Waals surface area contributed by atoms with Gasteiger partial charge in [-0.1, -0.05) is 12.1 Å². The van der Waals surface area contributed by atoms with Gasteiger partial charge in [0.1, 0.15) is 22.8 Å². The molecule has 0 heterocycles. The summed E-state index contributed by atoms with van der Waals surface area (Å²) in [7, 11) is 5.69. The van der Waals surface area contributed by atoms with Crippen molar-refractivity contribution < 1.29 is 38.4 Å². The summed E-state index contributed by atoms with van der Waals surface area (Å²) >= 11 is 0. The van der Waals surface area contributed by atoms with E-state index in [1.165, 1.54) is 35.4 Å². The van der Waals surface area contributed by atoms with E-state index in [9.17, 15) is 19.5 Å². The number of esters is 1. The van der Waals surface area contributed by atoms with Crippen LogP contribution >= 0.6 is 0 Å². The largest absolute Gasteiger partial charge is 0.496 e. The third-order valence-electron chi connectivity index (χ3n) is 6.36. The summed E-state index contributed by atoms with van der Waals surface area (Å²) in [5.41, 5.74) is -1.43. The van der Waals surface area contributed by atoms with Crippen LogP contribution in [0.4, 0.5) is 0 Å². The molecule has 0 spiro atoms. The summed E-state index contributed by atoms with van der Waals surface area (Å²) in [4.78, 5) is 38.3. The van der Waals surface area contributed by atoms with Crippen molar-refractivity contribution in [1.82, 2.24) is 0 Å². The summed E-state index contributed by atoms with van der Waals surface area (Å²) < 4.78 is 21.5. The zero-order valence-electron chi connectivity index (χ0n) is 18.9. The Bertz CT molecular complexity index is 1060. The summed E-state index contributed by atoms with van der Waals surface area (Å²) in [6, 6.07) is 6.98. The third kappa shape index (κ3) is 3.90. The Kier molecular flexibility index (Phi) is 6.74. The van der Waals surface area contributed by atoms with Gasteiger partial charge in [0.05, 0.1) is 45.3 Å². The molecule has 3 atom stereocenters. The molecule has 8 heteroatoms. The van der Waals surface area contributed by atoms with Crippen molar-refractivity contribution in [3.63, 3.8) is 0 Å². The maximum absolute atomic E-state index is 13.8. The van der Waals surface area contributed by atoms with Gasteiger partial charge in [0.15, 0.2) is 11.6 Å². The van der Waals surface area contributed by atoms with Crippen molar-refractivity contribution in [2.75, 3.05) is 28.4 Å². The molecule has 2 aromatic carbocycles. The SMILES string of the molecule is COC(=O)C1CC(O)(C(C)=O)CCC1C(=O)c1cc(OC)c2cccc(OC)c2c1OC. The van der Waals surface area contributed by atoms with Gasteiger partial charge in [-0.3, -0.25) is 14.4 Å². The predicted octanol–water partition coefficient (Wildman–Crippen LogP) is 2.96. The highest BCUT2D eigenvalue weighted by molar-refractivity contribution is 6.10. The summed E-state index contributed by atoms with van der Waals surface area (Å²) in [6.45, 7) is 1.28. The molecule has 3 unspecified atom stereocenters. The molecule has 1 aliphatic carbocycles. The first-order valence-electron chi connectivity index (χ1n) is 10.3. The smallest absolute Gasteiger partial charge is 0.309 e. The highest BCUT2D eigenvalue weighted by Crippen LogP contribution is 2.45. The molecule has 1 aliphatic rings. The van der Waals surface area contributed by atoms with E-state index in [1.54, 1.807) is 12.1 Å². The number of rotatable bonds is 7. The van der Waals surface area contributed by atoms with Gasteiger partial charge < -0.3 is 24.1 Å². The van der Waals surface area contributed by atoms with E-state index in [4.69, 9.17) is 18.9 Å². The minimum absolute atomic E-state index is 0.0720. The number of ketones is 2. The fourth-order valence-electron chi connectivity index (χ4n) is 4.55. The van der Waals surface area contributed by atoms with Crippen LogP contribution in [0.25, 0.3) is 10.8 Å². The zero-order valence-corrected chi connectivity index (χ0v) is 18.9. The van der Waals surface area contributed by atoms with Crippen molar-refractivity contribution in [2.45, 2.75) is 31.8 Å². The number of carbonyl (C=O) groups excluding carboxylic acids is 3. The maximum Gasteiger partial charge on any atom is 0.309 e. The Morgan fingerprint density at radius 1 is 1.00 bits per heavy atom. The van der Waals surface area contributed by atoms with Crippen LogP contribution in [0.15, 0.2) is 24.3 Å². The van der Waals surface area contributed by atoms with Crippen molar-refractivity contribution in [1.29, 1.82) is 0 Å². The van der Waals surface area contributed by atoms with Gasteiger partial charge in [0.2, 0.25) is 0 Å². The van der Waals surface area contributed by atoms with Gasteiger partial charge in [-0.15, -0.1) is 0 Å². The number of aliphatic hydroxyl groups is 1. The molecule has 3 rings (SSSR count). The highest BCUT2D eigenvalue weighted by Gasteiger charge is 2.48. The summed E-state index contributed by atoms with van der Waals surface area (Å²) in [6.07, 6.45) is 0.0362. The normalized spacial score (nSPS) is 22.8. The second-order valence-corrected chi connectivity index (χ2v) is 7.97. The summed E-state index contributed by atoms with van der Waals surface area (Å²) in [5.74, 6) is -1.94. The highest BCUT2D eigenvalue weighted by atomic mass is 16.5. The van der Waals surface area contributed by atoms with E-state index < -0.39 is 29.2 Å². The van der Waals surface area contributed by atoms with Crippen LogP contribution in [0.5, 0.6) is 17.2 Å². The monoisotopic (exact) mass is 444 g/mol. The number of carbonyl (C=O) groups is 3. The second kappa shape index (κ2) is 9.16. The number of benzene rings is 2. The molecule has 32 heavy (non-hydrogen) atoms. The number of hydrogen-bond donors (Lipinski definition) is 1. The molecular weight excluding hydrogens is 416 g/mol. The Balaban J connectivity index is 2.16. The first kappa shape index (κ1) is 23.5. The lowest BCUT2D eigenvalue weighted by Gasteiger charge is -2.38. The van der Waals surface area contributed by atoms with Gasteiger partial charge in [-0.25, -0.2) is 0 Å². The standard InChI is InChI=1S/C24H28O8/c1-13(25)24(28)10-9-14(17(12-24)23(27)32-5)21(26)16-11-19(30-3)15-7-6-8-18(29-2)20(15)22(16)31-4/h6-8,11,14,17,28H,9-10,12H2,1-5H3. The molecule has 0 saturated heterocycles. The Morgan fingerprint density at radius 2 is 1.69 bits per heavy atom. The quantitative estimate of drug-likeness (QED) is 0.513. The van der Waals surface area contributed by atoms with E-state index in [0.717, 1.165) is 0 Å². The molecule has 1 saturated carbocycles. The van der Waals surface area contributed by atoms with Crippen LogP contribution in [-0.2, 0) is 14.3 Å². The molecule has 8 nitrogen and oxygen atoms in total. The van der Waals surface area contributed by atoms with Crippen LogP contribution in [0.1, 0.15) is 36.5 Å². The lowest BCUT2D eigenvalue weighted by atomic mass is 9.68. The van der Waals surface area contributed by atoms with Crippen LogP contribution in [0.3, 0.4) is 0 Å². The van der Waals surface area contributed by atoms with Crippen LogP contribution in [0, 0.1) is 11.8 Å². The van der Waals surface area contributed by atoms with Crippen LogP contribution in [0.2, 0.25) is 0 Å². The van der Waals surface area contributed by atoms with Crippen molar-refractivity contribution in [2.24, 2.45) is 11.8 Å². The van der Waals surface area contributed by atoms with Crippen LogP contribution < -0.4 is 14.2 Å². The van der Waals surface area contributed by atoms with E-state index in [2.05, 4.69) is 0 Å². The number of Topliss-reactive ketones (excluding diaryl/α,β-unsaturated/α-hetero) is 2. The molecular formula is C24H28O8. The van der Waals surface area contributed by atoms with Crippen molar-refractivity contribution in [3.8, 4) is 17.2 Å². The molecule has 1 fully saturated rings. The molecule has 2 aromatic rings. The first-order valence-corrected chi connectivity index (χ1v) is 10.3. The van der Waals surface area contributed by atoms with Crippen LogP contribution in [-0.4, -0.2) is 56.7 Å². The summed E-state index contributed by atoms with van der Waals surface area (Å²) in [5, 5.41) is 12.0. The topological polar surface area (TPSA) is 108 Å². The van der Waals surface area contributed by atoms with Crippen molar-refractivity contribution >= 4 is 28.3 Å². The molecule has 0 aliphatic heterocycles. The van der Waals surface area contributed by atoms with E-state index in [-0.39, 0.29) is 30.6 Å². The minimum atomic E-state index is -1.66. The number of methoxy groups -OCH3 is 4. The van der Waals surface area contributed by atoms with Crippen molar-refractivity contribution in [3.05, 3.63) is 29.8 Å². The molecule has 1 N–H and O–H groups in total. The average molecular weight is 444 g/mol. The zero-order chi connectivity index (χ0) is 23.6. The minimum Gasteiger partial charge on any atom is -0.496 e. The third-order valence-corrected chi connectivity index (χ3v) is 6.36. The van der Waals surface area contributed by atoms with E-state index in [1.807, 2.05) is 12.1 Å². The average Bonchev–Trinajstić information content (AvgIpc) is 2.81. The number of ether oxygens (including phenoxy) is 4. The van der Waals surface area contributed by atoms with Gasteiger partial charge in [0.25, 0.3) is 0 Å². The first-order chi connectivity index (χ1) is 15.2. The predicted molar refractivity (Wildman–Crippen MR) is 116 cm³/mol. The Hall–Kier alpha value is -3.13. The molecule has 0 amide bonds. The van der Waals surface area contributed by atoms with E-state index >= 15 is 0 Å². The molecule has 0 aromatic heterocycles. The fraction of sp³-hybridized carbons (Fsp3) is 0.458. The van der Waals surface area contributed by atoms with Gasteiger partial charge in [0, 0.05) is 11.3 Å². The second-order valence-electron chi connectivity index (χ2n) is 7.97. The lowest BCUT2D eigenvalue weighted by Crippen LogP contribution is -2.48. The van der Waals surface area contributed by atoms with Gasteiger partial charge in [-0.2, -0.15) is 0 Å². The lowest BCUT2D eigenvalue weighted by molar-refractivity contribution is -0.156. The number of fused-ring (bicyclic) bond motifs is 1. The van der Waals surface area contributed by atoms with Gasteiger partial charge >= 0.3 is 5.97 Å². The number of hydrogen-bond acceptors (Lipinski definition) is 8. The fourth-order valence-corrected chi connectivity index (χ4v) is 4.55. The Labute approximate surface area is 186 Å². The maximum atomic E-state index is 13.8. The Morgan fingerprint density at radius 3 is 2.25 bits per heavy atom. The molecule has 0 bridgehead atoms. The van der Waals surface area contributed by atoms with Gasteiger partial charge in [-0.05, 0) is 38.3 Å². The van der Waals surface area contributed by atoms with E-state index in [0.29, 0.717) is 28.0 Å². The molecule has 0 radical (unpaired) electrons. The molecule has 172 valence electrons.